The number of benzene rings is 1. The Kier molecular flexibility index (Phi) is 3.36. The molecule has 1 aliphatic carbocycles. The first-order valence-electron chi connectivity index (χ1n) is 5.01. The quantitative estimate of drug-likeness (QED) is 0.563. The molecule has 0 nitrogen and oxygen atoms in total. The molecule has 15 heavy (non-hydrogen) atoms. The van der Waals surface area contributed by atoms with Crippen LogP contribution in [0.25, 0.3) is 0 Å². The van der Waals surface area contributed by atoms with Crippen LogP contribution >= 0.6 is 47.8 Å². The molecule has 1 aliphatic rings. The molecule has 0 N–H and O–H groups in total. The van der Waals surface area contributed by atoms with E-state index in [9.17, 15) is 0 Å². The van der Waals surface area contributed by atoms with E-state index in [1.807, 2.05) is 0 Å². The minimum absolute atomic E-state index is 0.458. The minimum Gasteiger partial charge on any atom is -0.0835 e. The molecule has 1 aromatic carbocycles. The summed E-state index contributed by atoms with van der Waals surface area (Å²) in [6.45, 7) is 4.66. The van der Waals surface area contributed by atoms with Gasteiger partial charge in [-0.25, -0.2) is 0 Å². The predicted octanol–water partition coefficient (Wildman–Crippen LogP) is 5.69. The van der Waals surface area contributed by atoms with Crippen molar-refractivity contribution in [3.05, 3.63) is 32.7 Å². The third-order valence-corrected chi connectivity index (χ3v) is 5.54. The first kappa shape index (κ1) is 12.1. The van der Waals surface area contributed by atoms with Crippen molar-refractivity contribution in [2.45, 2.75) is 25.1 Å². The summed E-state index contributed by atoms with van der Waals surface area (Å²) < 4.78 is 2.33. The highest BCUT2D eigenvalue weighted by molar-refractivity contribution is 9.11. The summed E-state index contributed by atoms with van der Waals surface area (Å²) in [4.78, 5) is 0.458. The minimum atomic E-state index is 0.458. The van der Waals surface area contributed by atoms with Crippen LogP contribution in [0.1, 0.15) is 30.7 Å². The molecule has 1 aromatic rings. The summed E-state index contributed by atoms with van der Waals surface area (Å²) in [7, 11) is 0. The lowest BCUT2D eigenvalue weighted by molar-refractivity contribution is 0.554. The van der Waals surface area contributed by atoms with Crippen molar-refractivity contribution in [3.63, 3.8) is 0 Å². The van der Waals surface area contributed by atoms with E-state index in [-0.39, 0.29) is 0 Å². The van der Waals surface area contributed by atoms with Gasteiger partial charge >= 0.3 is 0 Å². The van der Waals surface area contributed by atoms with Gasteiger partial charge in [-0.1, -0.05) is 61.6 Å². The fourth-order valence-electron chi connectivity index (χ4n) is 1.95. The smallest absolute Gasteiger partial charge is 0.0440 e. The van der Waals surface area contributed by atoms with Crippen molar-refractivity contribution in [2.75, 3.05) is 0 Å². The topological polar surface area (TPSA) is 0 Å². The van der Waals surface area contributed by atoms with Crippen LogP contribution in [0, 0.1) is 11.3 Å². The molecule has 2 rings (SSSR count). The second-order valence-electron chi connectivity index (χ2n) is 4.87. The molecule has 2 atom stereocenters. The normalized spacial score (nSPS) is 25.0. The van der Waals surface area contributed by atoms with Gasteiger partial charge in [-0.2, -0.15) is 0 Å². The van der Waals surface area contributed by atoms with Crippen molar-refractivity contribution in [3.8, 4) is 0 Å². The summed E-state index contributed by atoms with van der Waals surface area (Å²) in [5, 5.41) is 0. The van der Waals surface area contributed by atoms with E-state index in [4.69, 9.17) is 0 Å². The second-order valence-corrected chi connectivity index (χ2v) is 7.62. The highest BCUT2D eigenvalue weighted by Crippen LogP contribution is 2.61. The van der Waals surface area contributed by atoms with E-state index in [1.165, 1.54) is 16.5 Å². The van der Waals surface area contributed by atoms with Crippen LogP contribution in [0.4, 0.5) is 0 Å². The number of hydrogen-bond donors (Lipinski definition) is 0. The predicted molar refractivity (Wildman–Crippen MR) is 75.4 cm³/mol. The number of rotatable bonds is 2. The second kappa shape index (κ2) is 4.15. The van der Waals surface area contributed by atoms with Crippen LogP contribution < -0.4 is 0 Å². The number of hydrogen-bond acceptors (Lipinski definition) is 0. The lowest BCUT2D eigenvalue weighted by atomic mass is 10.0. The Labute approximate surface area is 116 Å². The molecule has 0 aliphatic heterocycles. The van der Waals surface area contributed by atoms with Gasteiger partial charge in [0.05, 0.1) is 0 Å². The summed E-state index contributed by atoms with van der Waals surface area (Å²) in [5.41, 5.74) is 1.84. The van der Waals surface area contributed by atoms with Gasteiger partial charge in [0, 0.05) is 13.8 Å². The van der Waals surface area contributed by atoms with Gasteiger partial charge in [0.1, 0.15) is 0 Å². The van der Waals surface area contributed by atoms with E-state index in [0.29, 0.717) is 10.2 Å². The van der Waals surface area contributed by atoms with E-state index < -0.39 is 0 Å². The van der Waals surface area contributed by atoms with Gasteiger partial charge in [-0.05, 0) is 41.5 Å². The molecule has 1 saturated carbocycles. The zero-order chi connectivity index (χ0) is 11.2. The molecule has 82 valence electrons. The maximum Gasteiger partial charge on any atom is 0.0440 e. The third-order valence-electron chi connectivity index (χ3n) is 3.20. The van der Waals surface area contributed by atoms with Crippen LogP contribution in [0.15, 0.2) is 27.1 Å². The van der Waals surface area contributed by atoms with Gasteiger partial charge in [-0.15, -0.1) is 0 Å². The van der Waals surface area contributed by atoms with Crippen molar-refractivity contribution in [2.24, 2.45) is 11.3 Å². The fraction of sp³-hybridized carbons (Fsp3) is 0.500. The van der Waals surface area contributed by atoms with E-state index in [0.717, 1.165) is 10.4 Å². The highest BCUT2D eigenvalue weighted by Gasteiger charge is 2.49. The lowest BCUT2D eigenvalue weighted by Crippen LogP contribution is -1.99. The van der Waals surface area contributed by atoms with Gasteiger partial charge in [0.25, 0.3) is 0 Å². The monoisotopic (exact) mass is 394 g/mol. The SMILES string of the molecule is CC1(C)CC1C(Br)c1cc(Br)ccc1Br. The van der Waals surface area contributed by atoms with Crippen LogP contribution in [0.5, 0.6) is 0 Å². The van der Waals surface area contributed by atoms with Crippen molar-refractivity contribution in [1.29, 1.82) is 0 Å². The lowest BCUT2D eigenvalue weighted by Gasteiger charge is -2.14. The van der Waals surface area contributed by atoms with E-state index >= 15 is 0 Å². The Morgan fingerprint density at radius 3 is 2.47 bits per heavy atom. The van der Waals surface area contributed by atoms with Gasteiger partial charge in [-0.3, -0.25) is 0 Å². The summed E-state index contributed by atoms with van der Waals surface area (Å²) in [5.74, 6) is 0.753. The zero-order valence-corrected chi connectivity index (χ0v) is 13.5. The zero-order valence-electron chi connectivity index (χ0n) is 8.73. The molecule has 0 heterocycles. The molecule has 3 heteroatoms. The Morgan fingerprint density at radius 2 is 1.93 bits per heavy atom. The van der Waals surface area contributed by atoms with Crippen LogP contribution in [0.3, 0.4) is 0 Å². The maximum absolute atomic E-state index is 3.82. The Hall–Kier alpha value is 0.660. The van der Waals surface area contributed by atoms with E-state index in [2.05, 4.69) is 79.8 Å². The van der Waals surface area contributed by atoms with Gasteiger partial charge in [0.2, 0.25) is 0 Å². The Bertz CT molecular complexity index is 384. The van der Waals surface area contributed by atoms with Crippen molar-refractivity contribution >= 4 is 47.8 Å². The Balaban J connectivity index is 2.26. The molecule has 0 radical (unpaired) electrons. The summed E-state index contributed by atoms with van der Waals surface area (Å²) in [6.07, 6.45) is 1.31. The largest absolute Gasteiger partial charge is 0.0835 e. The average Bonchev–Trinajstić information content (AvgIpc) is 2.78. The highest BCUT2D eigenvalue weighted by atomic mass is 79.9. The van der Waals surface area contributed by atoms with Crippen LogP contribution in [-0.2, 0) is 0 Å². The first-order chi connectivity index (χ1) is 6.92. The first-order valence-corrected chi connectivity index (χ1v) is 7.51. The third kappa shape index (κ3) is 2.50. The number of halogens is 3. The molecular formula is C12H13Br3. The van der Waals surface area contributed by atoms with Gasteiger partial charge < -0.3 is 0 Å². The average molecular weight is 397 g/mol. The summed E-state index contributed by atoms with van der Waals surface area (Å²) >= 11 is 11.0. The molecule has 0 bridgehead atoms. The number of alkyl halides is 1. The van der Waals surface area contributed by atoms with Crippen molar-refractivity contribution < 1.29 is 0 Å². The standard InChI is InChI=1S/C12H13Br3/c1-12(2)6-9(12)11(15)8-5-7(13)3-4-10(8)14/h3-5,9,11H,6H2,1-2H3. The molecular weight excluding hydrogens is 384 g/mol. The fourth-order valence-corrected chi connectivity index (χ4v) is 4.41. The molecule has 0 spiro atoms. The molecule has 2 unspecified atom stereocenters. The molecule has 0 aromatic heterocycles. The maximum atomic E-state index is 3.82. The van der Waals surface area contributed by atoms with Crippen LogP contribution in [-0.4, -0.2) is 0 Å². The van der Waals surface area contributed by atoms with Crippen LogP contribution in [0.2, 0.25) is 0 Å². The van der Waals surface area contributed by atoms with Crippen molar-refractivity contribution in [1.82, 2.24) is 0 Å². The molecule has 1 fully saturated rings. The summed E-state index contributed by atoms with van der Waals surface area (Å²) in [6, 6.07) is 6.35. The molecule has 0 saturated heterocycles. The Morgan fingerprint density at radius 1 is 1.33 bits per heavy atom. The molecule has 0 amide bonds. The van der Waals surface area contributed by atoms with E-state index in [1.54, 1.807) is 0 Å². The van der Waals surface area contributed by atoms with Gasteiger partial charge in [0.15, 0.2) is 0 Å².